The van der Waals surface area contributed by atoms with Crippen molar-refractivity contribution < 1.29 is 14.1 Å². The van der Waals surface area contributed by atoms with Gasteiger partial charge in [0.15, 0.2) is 0 Å². The monoisotopic (exact) mass is 433 g/mol. The van der Waals surface area contributed by atoms with E-state index in [1.807, 2.05) is 47.4 Å². The van der Waals surface area contributed by atoms with Crippen LogP contribution in [-0.4, -0.2) is 48.3 Å². The number of carbonyl (C=O) groups excluding carboxylic acids is 1. The second kappa shape index (κ2) is 10.0. The number of nitrogens with zero attached hydrogens (tertiary/aromatic N) is 3. The van der Waals surface area contributed by atoms with Crippen LogP contribution in [0.15, 0.2) is 59.1 Å². The van der Waals surface area contributed by atoms with E-state index in [4.69, 9.17) is 9.26 Å². The molecular formula is C26H31N3O3. The van der Waals surface area contributed by atoms with Gasteiger partial charge in [-0.15, -0.1) is 0 Å². The molecule has 32 heavy (non-hydrogen) atoms. The van der Waals surface area contributed by atoms with E-state index >= 15 is 0 Å². The van der Waals surface area contributed by atoms with Crippen LogP contribution in [0.25, 0.3) is 11.3 Å². The van der Waals surface area contributed by atoms with Crippen LogP contribution in [-0.2, 0) is 11.3 Å². The van der Waals surface area contributed by atoms with Gasteiger partial charge < -0.3 is 19.1 Å². The summed E-state index contributed by atoms with van der Waals surface area (Å²) in [6.07, 6.45) is 0.858. The fraction of sp³-hybridized carbons (Fsp3) is 0.385. The minimum atomic E-state index is 0.0178. The molecule has 0 bridgehead atoms. The summed E-state index contributed by atoms with van der Waals surface area (Å²) in [7, 11) is 0. The van der Waals surface area contributed by atoms with Gasteiger partial charge in [0.1, 0.15) is 5.69 Å². The fourth-order valence-electron chi connectivity index (χ4n) is 4.04. The van der Waals surface area contributed by atoms with Crippen molar-refractivity contribution in [1.29, 1.82) is 0 Å². The number of anilines is 1. The molecule has 2 aromatic carbocycles. The third-order valence-electron chi connectivity index (χ3n) is 6.09. The first-order chi connectivity index (χ1) is 15.6. The zero-order valence-corrected chi connectivity index (χ0v) is 19.1. The fourth-order valence-corrected chi connectivity index (χ4v) is 4.04. The third kappa shape index (κ3) is 4.70. The van der Waals surface area contributed by atoms with Crippen LogP contribution in [0.2, 0.25) is 0 Å². The lowest BCUT2D eigenvalue weighted by atomic mass is 10.0. The lowest BCUT2D eigenvalue weighted by Crippen LogP contribution is -2.39. The number of aromatic nitrogens is 1. The molecule has 1 fully saturated rings. The molecule has 0 unspecified atom stereocenters. The van der Waals surface area contributed by atoms with E-state index in [0.717, 1.165) is 47.8 Å². The van der Waals surface area contributed by atoms with Crippen molar-refractivity contribution >= 4 is 11.8 Å². The average Bonchev–Trinajstić information content (AvgIpc) is 3.26. The second-order valence-corrected chi connectivity index (χ2v) is 8.34. The highest BCUT2D eigenvalue weighted by molar-refractivity contribution is 5.94. The molecule has 2 heterocycles. The number of ether oxygens (including phenoxy) is 1. The Morgan fingerprint density at radius 2 is 1.88 bits per heavy atom. The predicted molar refractivity (Wildman–Crippen MR) is 126 cm³/mol. The molecule has 4 rings (SSSR count). The minimum absolute atomic E-state index is 0.0178. The van der Waals surface area contributed by atoms with E-state index in [0.29, 0.717) is 25.3 Å². The van der Waals surface area contributed by atoms with Crippen LogP contribution in [0.5, 0.6) is 0 Å². The third-order valence-corrected chi connectivity index (χ3v) is 6.09. The van der Waals surface area contributed by atoms with Crippen molar-refractivity contribution in [3.05, 3.63) is 71.3 Å². The van der Waals surface area contributed by atoms with Crippen LogP contribution in [0, 0.1) is 6.92 Å². The summed E-state index contributed by atoms with van der Waals surface area (Å²) in [5.74, 6) is 0.753. The molecule has 6 heteroatoms. The van der Waals surface area contributed by atoms with Crippen LogP contribution in [0.1, 0.15) is 41.8 Å². The van der Waals surface area contributed by atoms with E-state index in [1.54, 1.807) is 0 Å². The first kappa shape index (κ1) is 22.1. The summed E-state index contributed by atoms with van der Waals surface area (Å²) >= 11 is 0. The summed E-state index contributed by atoms with van der Waals surface area (Å²) in [6.45, 7) is 9.48. The molecule has 1 saturated heterocycles. The van der Waals surface area contributed by atoms with Gasteiger partial charge in [0.2, 0.25) is 5.88 Å². The van der Waals surface area contributed by atoms with Gasteiger partial charge in [-0.2, -0.15) is 0 Å². The smallest absolute Gasteiger partial charge is 0.254 e. The first-order valence-electron chi connectivity index (χ1n) is 11.3. The Morgan fingerprint density at radius 3 is 2.56 bits per heavy atom. The van der Waals surface area contributed by atoms with Gasteiger partial charge in [0, 0.05) is 30.3 Å². The number of morpholine rings is 1. The SMILES string of the molecule is CC[C@H](C)N(Cc1c(-c2cccc(C)c2)noc1N1CCOCC1)C(=O)c1ccccc1. The normalized spacial score (nSPS) is 14.9. The number of aryl methyl sites for hydroxylation is 1. The van der Waals surface area contributed by atoms with Crippen LogP contribution >= 0.6 is 0 Å². The summed E-state index contributed by atoms with van der Waals surface area (Å²) in [6, 6.07) is 17.8. The number of amides is 1. The number of rotatable bonds is 7. The van der Waals surface area contributed by atoms with E-state index in [9.17, 15) is 4.79 Å². The molecule has 0 aliphatic carbocycles. The summed E-state index contributed by atoms with van der Waals surface area (Å²) in [5.41, 5.74) is 4.59. The van der Waals surface area contributed by atoms with Gasteiger partial charge in [0.25, 0.3) is 5.91 Å². The molecular weight excluding hydrogens is 402 g/mol. The highest BCUT2D eigenvalue weighted by Gasteiger charge is 2.29. The van der Waals surface area contributed by atoms with Crippen molar-refractivity contribution in [3.8, 4) is 11.3 Å². The van der Waals surface area contributed by atoms with Crippen LogP contribution in [0.3, 0.4) is 0 Å². The van der Waals surface area contributed by atoms with Gasteiger partial charge in [-0.3, -0.25) is 4.79 Å². The molecule has 6 nitrogen and oxygen atoms in total. The zero-order chi connectivity index (χ0) is 22.5. The molecule has 3 aromatic rings. The second-order valence-electron chi connectivity index (χ2n) is 8.34. The van der Waals surface area contributed by atoms with Crippen molar-refractivity contribution in [1.82, 2.24) is 10.1 Å². The molecule has 1 aromatic heterocycles. The number of hydrogen-bond acceptors (Lipinski definition) is 5. The van der Waals surface area contributed by atoms with Crippen LogP contribution < -0.4 is 4.90 Å². The molecule has 0 spiro atoms. The highest BCUT2D eigenvalue weighted by atomic mass is 16.5. The lowest BCUT2D eigenvalue weighted by molar-refractivity contribution is 0.0671. The summed E-state index contributed by atoms with van der Waals surface area (Å²) in [4.78, 5) is 17.6. The quantitative estimate of drug-likeness (QED) is 0.529. The van der Waals surface area contributed by atoms with Gasteiger partial charge in [0.05, 0.1) is 25.3 Å². The maximum Gasteiger partial charge on any atom is 0.254 e. The minimum Gasteiger partial charge on any atom is -0.378 e. The molecule has 1 aliphatic heterocycles. The Balaban J connectivity index is 1.76. The van der Waals surface area contributed by atoms with E-state index in [2.05, 4.69) is 43.0 Å². The van der Waals surface area contributed by atoms with Gasteiger partial charge >= 0.3 is 0 Å². The molecule has 0 saturated carbocycles. The first-order valence-corrected chi connectivity index (χ1v) is 11.3. The topological polar surface area (TPSA) is 58.8 Å². The number of benzene rings is 2. The van der Waals surface area contributed by atoms with E-state index in [-0.39, 0.29) is 11.9 Å². The van der Waals surface area contributed by atoms with Crippen LogP contribution in [0.4, 0.5) is 5.88 Å². The lowest BCUT2D eigenvalue weighted by Gasteiger charge is -2.31. The summed E-state index contributed by atoms with van der Waals surface area (Å²) in [5, 5.41) is 4.48. The van der Waals surface area contributed by atoms with E-state index < -0.39 is 0 Å². The van der Waals surface area contributed by atoms with Gasteiger partial charge in [-0.25, -0.2) is 0 Å². The molecule has 168 valence electrons. The Hall–Kier alpha value is -3.12. The Labute approximate surface area is 189 Å². The number of hydrogen-bond donors (Lipinski definition) is 0. The van der Waals surface area contributed by atoms with Crippen molar-refractivity contribution in [3.63, 3.8) is 0 Å². The predicted octanol–water partition coefficient (Wildman–Crippen LogP) is 4.93. The highest BCUT2D eigenvalue weighted by Crippen LogP contribution is 2.34. The molecule has 0 radical (unpaired) electrons. The number of carbonyl (C=O) groups is 1. The molecule has 1 amide bonds. The van der Waals surface area contributed by atoms with Gasteiger partial charge in [-0.05, 0) is 38.5 Å². The van der Waals surface area contributed by atoms with E-state index in [1.165, 1.54) is 0 Å². The Morgan fingerprint density at radius 1 is 1.12 bits per heavy atom. The largest absolute Gasteiger partial charge is 0.378 e. The zero-order valence-electron chi connectivity index (χ0n) is 19.1. The standard InChI is InChI=1S/C26H31N3O3/c1-4-20(3)29(25(30)21-10-6-5-7-11-21)18-23-24(22-12-8-9-19(2)17-22)27-32-26(23)28-13-15-31-16-14-28/h5-12,17,20H,4,13-16,18H2,1-3H3/t20-/m0/s1. The Kier molecular flexibility index (Phi) is 6.90. The Bertz CT molecular complexity index is 1040. The maximum atomic E-state index is 13.5. The molecule has 1 aliphatic rings. The van der Waals surface area contributed by atoms with Crippen molar-refractivity contribution in [2.24, 2.45) is 0 Å². The van der Waals surface area contributed by atoms with Gasteiger partial charge in [-0.1, -0.05) is 54.0 Å². The summed E-state index contributed by atoms with van der Waals surface area (Å²) < 4.78 is 11.4. The van der Waals surface area contributed by atoms with Crippen molar-refractivity contribution in [2.45, 2.75) is 39.8 Å². The molecule has 1 atom stereocenters. The van der Waals surface area contributed by atoms with Crippen molar-refractivity contribution in [2.75, 3.05) is 31.2 Å². The maximum absolute atomic E-state index is 13.5. The average molecular weight is 434 g/mol. The molecule has 0 N–H and O–H groups in total.